The van der Waals surface area contributed by atoms with Crippen LogP contribution in [0.25, 0.3) is 0 Å². The van der Waals surface area contributed by atoms with Crippen LogP contribution in [0.2, 0.25) is 0 Å². The fourth-order valence-electron chi connectivity index (χ4n) is 1.43. The van der Waals surface area contributed by atoms with E-state index in [9.17, 15) is 15.2 Å². The van der Waals surface area contributed by atoms with Gasteiger partial charge in [-0.2, -0.15) is 5.10 Å². The summed E-state index contributed by atoms with van der Waals surface area (Å²) in [4.78, 5) is 10.7. The molecule has 4 N–H and O–H groups in total. The Labute approximate surface area is 117 Å². The lowest BCUT2D eigenvalue weighted by atomic mass is 10.3. The number of nitrogens with zero attached hydrogens (tertiary/aromatic N) is 3. The molecule has 0 aliphatic rings. The zero-order valence-electron chi connectivity index (χ0n) is 9.98. The number of hydrogen-bond acceptors (Lipinski definition) is 7. The highest BCUT2D eigenvalue weighted by atomic mass is 32.2. The van der Waals surface area contributed by atoms with Crippen LogP contribution in [-0.4, -0.2) is 26.1 Å². The number of benzene rings is 1. The number of hydrogen-bond donors (Lipinski definition) is 3. The van der Waals surface area contributed by atoms with E-state index in [4.69, 9.17) is 11.1 Å². The monoisotopic (exact) mass is 291 g/mol. The Morgan fingerprint density at radius 1 is 1.40 bits per heavy atom. The van der Waals surface area contributed by atoms with Crippen molar-refractivity contribution < 1.29 is 10.0 Å². The van der Waals surface area contributed by atoms with Gasteiger partial charge in [-0.1, -0.05) is 11.8 Å². The highest BCUT2D eigenvalue weighted by Gasteiger charge is 2.15. The summed E-state index contributed by atoms with van der Waals surface area (Å²) in [6.07, 6.45) is 1.09. The molecule has 1 aromatic carbocycles. The Hall–Kier alpha value is -2.68. The van der Waals surface area contributed by atoms with Crippen molar-refractivity contribution in [2.75, 3.05) is 0 Å². The third-order valence-electron chi connectivity index (χ3n) is 2.33. The molecule has 0 aliphatic heterocycles. The summed E-state index contributed by atoms with van der Waals surface area (Å²) in [6.45, 7) is 0. The number of non-ortho nitro benzene ring substituents is 1. The third-order valence-corrected chi connectivity index (χ3v) is 3.32. The summed E-state index contributed by atoms with van der Waals surface area (Å²) in [5.74, 6) is -0.571. The Kier molecular flexibility index (Phi) is 3.80. The van der Waals surface area contributed by atoms with Gasteiger partial charge in [-0.3, -0.25) is 15.5 Å². The average molecular weight is 291 g/mol. The second kappa shape index (κ2) is 5.53. The second-order valence-corrected chi connectivity index (χ2v) is 4.74. The Balaban J connectivity index is 2.33. The van der Waals surface area contributed by atoms with Crippen molar-refractivity contribution in [3.05, 3.63) is 46.1 Å². The van der Waals surface area contributed by atoms with E-state index in [1.807, 2.05) is 0 Å². The van der Waals surface area contributed by atoms with E-state index < -0.39 is 4.92 Å². The third kappa shape index (κ3) is 2.83. The molecule has 0 unspecified atom stereocenters. The van der Waals surface area contributed by atoms with Crippen LogP contribution in [0.5, 0.6) is 5.75 Å². The quantitative estimate of drug-likeness (QED) is 0.336. The Bertz CT molecular complexity index is 674. The number of amidine groups is 1. The fourth-order valence-corrected chi connectivity index (χ4v) is 2.33. The molecule has 0 bridgehead atoms. The molecular formula is C11H9N5O3S. The summed E-state index contributed by atoms with van der Waals surface area (Å²) in [5, 5.41) is 35.3. The lowest BCUT2D eigenvalue weighted by Gasteiger charge is -2.07. The summed E-state index contributed by atoms with van der Waals surface area (Å²) in [7, 11) is 0. The van der Waals surface area contributed by atoms with Crippen LogP contribution in [0.4, 0.5) is 5.69 Å². The second-order valence-electron chi connectivity index (χ2n) is 3.68. The molecule has 0 amide bonds. The van der Waals surface area contributed by atoms with Gasteiger partial charge in [0.25, 0.3) is 5.69 Å². The van der Waals surface area contributed by atoms with Crippen LogP contribution >= 0.6 is 11.8 Å². The van der Waals surface area contributed by atoms with Crippen molar-refractivity contribution in [3.8, 4) is 5.75 Å². The predicted octanol–water partition coefficient (Wildman–Crippen LogP) is 1.53. The molecule has 2 rings (SSSR count). The maximum Gasteiger partial charge on any atom is 0.269 e. The van der Waals surface area contributed by atoms with Gasteiger partial charge in [0.2, 0.25) is 0 Å². The summed E-state index contributed by atoms with van der Waals surface area (Å²) in [5.41, 5.74) is 5.45. The minimum atomic E-state index is -0.496. The number of rotatable bonds is 4. The van der Waals surface area contributed by atoms with Gasteiger partial charge in [-0.25, -0.2) is 0 Å². The van der Waals surface area contributed by atoms with Crippen LogP contribution in [0.1, 0.15) is 5.56 Å². The van der Waals surface area contributed by atoms with Gasteiger partial charge in [-0.15, -0.1) is 5.10 Å². The van der Waals surface area contributed by atoms with Crippen molar-refractivity contribution in [2.45, 2.75) is 9.92 Å². The first kappa shape index (κ1) is 13.7. The summed E-state index contributed by atoms with van der Waals surface area (Å²) in [6, 6.07) is 5.79. The van der Waals surface area contributed by atoms with E-state index in [1.165, 1.54) is 12.1 Å². The molecule has 1 heterocycles. The van der Waals surface area contributed by atoms with Gasteiger partial charge in [0.15, 0.2) is 0 Å². The maximum absolute atomic E-state index is 10.6. The van der Waals surface area contributed by atoms with Crippen LogP contribution < -0.4 is 5.73 Å². The van der Waals surface area contributed by atoms with Gasteiger partial charge in [0.05, 0.1) is 16.7 Å². The average Bonchev–Trinajstić information content (AvgIpc) is 2.39. The first-order valence-corrected chi connectivity index (χ1v) is 6.12. The number of nitro groups is 1. The van der Waals surface area contributed by atoms with E-state index in [0.29, 0.717) is 4.90 Å². The molecule has 0 spiro atoms. The van der Waals surface area contributed by atoms with E-state index in [1.54, 1.807) is 12.1 Å². The molecule has 0 atom stereocenters. The van der Waals surface area contributed by atoms with Crippen LogP contribution in [0, 0.1) is 15.5 Å². The molecule has 20 heavy (non-hydrogen) atoms. The molecule has 9 heteroatoms. The molecule has 1 aromatic heterocycles. The minimum absolute atomic E-state index is 0.0249. The van der Waals surface area contributed by atoms with Crippen molar-refractivity contribution in [1.82, 2.24) is 10.2 Å². The van der Waals surface area contributed by atoms with Crippen LogP contribution in [0.3, 0.4) is 0 Å². The van der Waals surface area contributed by atoms with Crippen molar-refractivity contribution in [3.63, 3.8) is 0 Å². The van der Waals surface area contributed by atoms with Gasteiger partial charge in [0.1, 0.15) is 16.6 Å². The molecule has 0 aliphatic carbocycles. The van der Waals surface area contributed by atoms with Crippen molar-refractivity contribution in [2.24, 2.45) is 5.73 Å². The summed E-state index contributed by atoms with van der Waals surface area (Å²) < 4.78 is 0. The maximum atomic E-state index is 10.6. The molecule has 0 saturated carbocycles. The van der Waals surface area contributed by atoms with Gasteiger partial charge in [0, 0.05) is 17.0 Å². The number of aromatic hydroxyl groups is 1. The summed E-state index contributed by atoms with van der Waals surface area (Å²) >= 11 is 1.10. The number of nitrogens with two attached hydrogens (primary N) is 1. The largest absolute Gasteiger partial charge is 0.505 e. The van der Waals surface area contributed by atoms with Crippen LogP contribution in [0.15, 0.2) is 40.4 Å². The van der Waals surface area contributed by atoms with E-state index in [-0.39, 0.29) is 27.9 Å². The molecule has 8 nitrogen and oxygen atoms in total. The number of nitrogen functional groups attached to an aromatic ring is 1. The minimum Gasteiger partial charge on any atom is -0.505 e. The molecule has 0 saturated heterocycles. The van der Waals surface area contributed by atoms with Gasteiger partial charge in [-0.05, 0) is 12.1 Å². The molecule has 0 fully saturated rings. The SMILES string of the molecule is N=C(N)c1c(O)cnnc1Sc1ccc([N+](=O)[O-])cc1. The number of nitro benzene ring substituents is 1. The van der Waals surface area contributed by atoms with E-state index >= 15 is 0 Å². The topological polar surface area (TPSA) is 139 Å². The van der Waals surface area contributed by atoms with Crippen molar-refractivity contribution in [1.29, 1.82) is 5.41 Å². The fraction of sp³-hybridized carbons (Fsp3) is 0. The van der Waals surface area contributed by atoms with Gasteiger partial charge >= 0.3 is 0 Å². The molecule has 102 valence electrons. The highest BCUT2D eigenvalue weighted by Crippen LogP contribution is 2.32. The first-order valence-electron chi connectivity index (χ1n) is 5.30. The van der Waals surface area contributed by atoms with E-state index in [0.717, 1.165) is 18.0 Å². The number of nitrogens with one attached hydrogen (secondary N) is 1. The van der Waals surface area contributed by atoms with E-state index in [2.05, 4.69) is 10.2 Å². The standard InChI is InChI=1S/C11H9N5O3S/c12-10(13)9-8(17)5-14-15-11(9)20-7-3-1-6(2-4-7)16(18)19/h1-5H,(H3,12,13)(H,15,17). The Morgan fingerprint density at radius 2 is 2.05 bits per heavy atom. The normalized spacial score (nSPS) is 10.2. The molecule has 0 radical (unpaired) electrons. The van der Waals surface area contributed by atoms with Gasteiger partial charge < -0.3 is 10.8 Å². The Morgan fingerprint density at radius 3 is 2.60 bits per heavy atom. The molecule has 2 aromatic rings. The zero-order valence-corrected chi connectivity index (χ0v) is 10.8. The predicted molar refractivity (Wildman–Crippen MR) is 71.9 cm³/mol. The molecular weight excluding hydrogens is 282 g/mol. The van der Waals surface area contributed by atoms with Crippen LogP contribution in [-0.2, 0) is 0 Å². The smallest absolute Gasteiger partial charge is 0.269 e. The first-order chi connectivity index (χ1) is 9.49. The lowest BCUT2D eigenvalue weighted by molar-refractivity contribution is -0.384. The zero-order chi connectivity index (χ0) is 14.7. The number of aromatic nitrogens is 2. The lowest BCUT2D eigenvalue weighted by Crippen LogP contribution is -2.13. The van der Waals surface area contributed by atoms with Crippen molar-refractivity contribution >= 4 is 23.3 Å². The highest BCUT2D eigenvalue weighted by molar-refractivity contribution is 7.99.